The SMILES string of the molecule is CCN(CC)C(=O)C1CCCN(S(=O)(=O)c2cccc3cnccc23)C1. The van der Waals surface area contributed by atoms with Gasteiger partial charge in [0, 0.05) is 49.3 Å². The summed E-state index contributed by atoms with van der Waals surface area (Å²) in [6.45, 7) is 5.89. The van der Waals surface area contributed by atoms with Crippen LogP contribution in [-0.4, -0.2) is 54.7 Å². The van der Waals surface area contributed by atoms with Crippen LogP contribution >= 0.6 is 0 Å². The van der Waals surface area contributed by atoms with E-state index in [9.17, 15) is 13.2 Å². The van der Waals surface area contributed by atoms with E-state index in [0.29, 0.717) is 31.4 Å². The minimum atomic E-state index is -3.66. The first-order valence-corrected chi connectivity index (χ1v) is 10.5. The maximum Gasteiger partial charge on any atom is 0.243 e. The molecule has 0 radical (unpaired) electrons. The summed E-state index contributed by atoms with van der Waals surface area (Å²) in [6, 6.07) is 6.95. The minimum Gasteiger partial charge on any atom is -0.343 e. The number of pyridine rings is 1. The molecule has 1 aromatic heterocycles. The Hall–Kier alpha value is -1.99. The summed E-state index contributed by atoms with van der Waals surface area (Å²) in [5.74, 6) is -0.216. The topological polar surface area (TPSA) is 70.6 Å². The standard InChI is InChI=1S/C19H25N3O3S/c1-3-21(4-2)19(23)16-8-6-12-22(14-16)26(24,25)18-9-5-7-15-13-20-11-10-17(15)18/h5,7,9-11,13,16H,3-4,6,8,12,14H2,1-2H3. The lowest BCUT2D eigenvalue weighted by Crippen LogP contribution is -2.46. The van der Waals surface area contributed by atoms with Gasteiger partial charge in [0.1, 0.15) is 0 Å². The monoisotopic (exact) mass is 375 g/mol. The molecule has 1 saturated heterocycles. The summed E-state index contributed by atoms with van der Waals surface area (Å²) in [4.78, 5) is 18.8. The number of rotatable bonds is 5. The minimum absolute atomic E-state index is 0.0528. The zero-order chi connectivity index (χ0) is 18.7. The quantitative estimate of drug-likeness (QED) is 0.805. The van der Waals surface area contributed by atoms with Crippen molar-refractivity contribution in [2.75, 3.05) is 26.2 Å². The van der Waals surface area contributed by atoms with Crippen molar-refractivity contribution in [3.05, 3.63) is 36.7 Å². The summed E-state index contributed by atoms with van der Waals surface area (Å²) in [6.07, 6.45) is 4.70. The molecule has 7 heteroatoms. The van der Waals surface area contributed by atoms with E-state index in [4.69, 9.17) is 0 Å². The van der Waals surface area contributed by atoms with E-state index in [2.05, 4.69) is 4.98 Å². The molecule has 2 aromatic rings. The van der Waals surface area contributed by atoms with Crippen LogP contribution in [0.2, 0.25) is 0 Å². The van der Waals surface area contributed by atoms with Gasteiger partial charge in [-0.05, 0) is 38.8 Å². The third-order valence-corrected chi connectivity index (χ3v) is 6.99. The zero-order valence-corrected chi connectivity index (χ0v) is 16.1. The Morgan fingerprint density at radius 1 is 1.27 bits per heavy atom. The number of hydrogen-bond donors (Lipinski definition) is 0. The molecule has 0 aliphatic carbocycles. The van der Waals surface area contributed by atoms with E-state index in [1.54, 1.807) is 35.5 Å². The van der Waals surface area contributed by atoms with Gasteiger partial charge in [0.25, 0.3) is 0 Å². The molecule has 1 fully saturated rings. The van der Waals surface area contributed by atoms with Crippen LogP contribution in [0.5, 0.6) is 0 Å². The number of nitrogens with zero attached hydrogens (tertiary/aromatic N) is 3. The van der Waals surface area contributed by atoms with E-state index in [-0.39, 0.29) is 23.3 Å². The highest BCUT2D eigenvalue weighted by Crippen LogP contribution is 2.29. The van der Waals surface area contributed by atoms with Gasteiger partial charge in [0.05, 0.1) is 10.8 Å². The number of benzene rings is 1. The number of aromatic nitrogens is 1. The Labute approximate surface area is 154 Å². The fraction of sp³-hybridized carbons (Fsp3) is 0.474. The highest BCUT2D eigenvalue weighted by Gasteiger charge is 2.35. The molecule has 3 rings (SSSR count). The molecular weight excluding hydrogens is 350 g/mol. The molecule has 2 heterocycles. The van der Waals surface area contributed by atoms with Crippen LogP contribution in [0, 0.1) is 5.92 Å². The second-order valence-corrected chi connectivity index (χ2v) is 8.47. The first-order valence-electron chi connectivity index (χ1n) is 9.10. The van der Waals surface area contributed by atoms with E-state index < -0.39 is 10.0 Å². The molecule has 0 saturated carbocycles. The third kappa shape index (κ3) is 3.46. The predicted molar refractivity (Wildman–Crippen MR) is 101 cm³/mol. The van der Waals surface area contributed by atoms with Gasteiger partial charge in [-0.25, -0.2) is 8.42 Å². The molecule has 0 N–H and O–H groups in total. The zero-order valence-electron chi connectivity index (χ0n) is 15.3. The number of fused-ring (bicyclic) bond motifs is 1. The average Bonchev–Trinajstić information content (AvgIpc) is 2.68. The molecule has 1 amide bonds. The summed E-state index contributed by atoms with van der Waals surface area (Å²) in [5.41, 5.74) is 0. The Bertz CT molecular complexity index is 889. The second-order valence-electron chi connectivity index (χ2n) is 6.57. The van der Waals surface area contributed by atoms with Gasteiger partial charge in [-0.3, -0.25) is 9.78 Å². The van der Waals surface area contributed by atoms with Crippen molar-refractivity contribution >= 4 is 26.7 Å². The van der Waals surface area contributed by atoms with Crippen LogP contribution < -0.4 is 0 Å². The molecule has 1 aliphatic rings. The van der Waals surface area contributed by atoms with Crippen LogP contribution in [-0.2, 0) is 14.8 Å². The fourth-order valence-corrected chi connectivity index (χ4v) is 5.35. The van der Waals surface area contributed by atoms with Crippen LogP contribution in [0.1, 0.15) is 26.7 Å². The van der Waals surface area contributed by atoms with E-state index in [1.165, 1.54) is 4.31 Å². The van der Waals surface area contributed by atoms with Gasteiger partial charge < -0.3 is 4.90 Å². The van der Waals surface area contributed by atoms with E-state index in [0.717, 1.165) is 11.8 Å². The smallest absolute Gasteiger partial charge is 0.243 e. The lowest BCUT2D eigenvalue weighted by Gasteiger charge is -2.34. The van der Waals surface area contributed by atoms with Crippen molar-refractivity contribution in [1.82, 2.24) is 14.2 Å². The molecule has 26 heavy (non-hydrogen) atoms. The maximum atomic E-state index is 13.3. The van der Waals surface area contributed by atoms with Crippen LogP contribution in [0.3, 0.4) is 0 Å². The van der Waals surface area contributed by atoms with Crippen molar-refractivity contribution in [3.8, 4) is 0 Å². The van der Waals surface area contributed by atoms with Crippen molar-refractivity contribution < 1.29 is 13.2 Å². The summed E-state index contributed by atoms with van der Waals surface area (Å²) < 4.78 is 28.0. The largest absolute Gasteiger partial charge is 0.343 e. The molecule has 0 bridgehead atoms. The van der Waals surface area contributed by atoms with Crippen LogP contribution in [0.4, 0.5) is 0 Å². The number of hydrogen-bond acceptors (Lipinski definition) is 4. The van der Waals surface area contributed by atoms with Gasteiger partial charge in [-0.15, -0.1) is 0 Å². The fourth-order valence-electron chi connectivity index (χ4n) is 3.61. The Morgan fingerprint density at radius 2 is 2.04 bits per heavy atom. The van der Waals surface area contributed by atoms with E-state index in [1.807, 2.05) is 19.9 Å². The maximum absolute atomic E-state index is 13.3. The normalized spacial score (nSPS) is 18.8. The Morgan fingerprint density at radius 3 is 2.77 bits per heavy atom. The molecule has 140 valence electrons. The van der Waals surface area contributed by atoms with Crippen molar-refractivity contribution in [2.45, 2.75) is 31.6 Å². The number of amides is 1. The summed E-state index contributed by atoms with van der Waals surface area (Å²) in [7, 11) is -3.66. The highest BCUT2D eigenvalue weighted by atomic mass is 32.2. The average molecular weight is 375 g/mol. The van der Waals surface area contributed by atoms with Crippen molar-refractivity contribution in [3.63, 3.8) is 0 Å². The molecule has 0 spiro atoms. The lowest BCUT2D eigenvalue weighted by molar-refractivity contribution is -0.136. The van der Waals surface area contributed by atoms with Crippen molar-refractivity contribution in [2.24, 2.45) is 5.92 Å². The number of piperidine rings is 1. The van der Waals surface area contributed by atoms with E-state index >= 15 is 0 Å². The second kappa shape index (κ2) is 7.72. The van der Waals surface area contributed by atoms with Crippen molar-refractivity contribution in [1.29, 1.82) is 0 Å². The van der Waals surface area contributed by atoms with Gasteiger partial charge in [-0.2, -0.15) is 4.31 Å². The predicted octanol–water partition coefficient (Wildman–Crippen LogP) is 2.50. The van der Waals surface area contributed by atoms with Gasteiger partial charge in [-0.1, -0.05) is 12.1 Å². The Kier molecular flexibility index (Phi) is 5.58. The molecule has 6 nitrogen and oxygen atoms in total. The molecule has 1 aromatic carbocycles. The summed E-state index contributed by atoms with van der Waals surface area (Å²) >= 11 is 0. The Balaban J connectivity index is 1.91. The molecule has 1 atom stereocenters. The third-order valence-electron chi connectivity index (χ3n) is 5.07. The number of sulfonamides is 1. The number of carbonyl (C=O) groups excluding carboxylic acids is 1. The summed E-state index contributed by atoms with van der Waals surface area (Å²) in [5, 5.41) is 1.46. The van der Waals surface area contributed by atoms with Gasteiger partial charge in [0.2, 0.25) is 15.9 Å². The lowest BCUT2D eigenvalue weighted by atomic mass is 9.98. The van der Waals surface area contributed by atoms with Gasteiger partial charge in [0.15, 0.2) is 0 Å². The number of carbonyl (C=O) groups is 1. The first-order chi connectivity index (χ1) is 12.5. The molecule has 1 unspecified atom stereocenters. The highest BCUT2D eigenvalue weighted by molar-refractivity contribution is 7.89. The molecule has 1 aliphatic heterocycles. The van der Waals surface area contributed by atoms with Crippen LogP contribution in [0.25, 0.3) is 10.8 Å². The van der Waals surface area contributed by atoms with Crippen LogP contribution in [0.15, 0.2) is 41.6 Å². The molecular formula is C19H25N3O3S. The van der Waals surface area contributed by atoms with Gasteiger partial charge >= 0.3 is 0 Å². The first kappa shape index (κ1) is 18.8.